The van der Waals surface area contributed by atoms with E-state index in [0.29, 0.717) is 13.2 Å². The van der Waals surface area contributed by atoms with Gasteiger partial charge in [-0.2, -0.15) is 0 Å². The normalized spacial score (nSPS) is 17.2. The molecular weight excluding hydrogens is 292 g/mol. The molecule has 3 heterocycles. The Morgan fingerprint density at radius 1 is 1.22 bits per heavy atom. The predicted octanol–water partition coefficient (Wildman–Crippen LogP) is 2.30. The third-order valence-electron chi connectivity index (χ3n) is 4.41. The summed E-state index contributed by atoms with van der Waals surface area (Å²) in [5, 5.41) is 0. The molecule has 2 aliphatic rings. The summed E-state index contributed by atoms with van der Waals surface area (Å²) in [5.74, 6) is 0.953. The van der Waals surface area contributed by atoms with Gasteiger partial charge in [0.15, 0.2) is 0 Å². The van der Waals surface area contributed by atoms with E-state index in [0.717, 1.165) is 36.7 Å². The summed E-state index contributed by atoms with van der Waals surface area (Å²) < 4.78 is 5.07. The third-order valence-corrected chi connectivity index (χ3v) is 4.41. The standard InChI is InChI=1S/C17H18N4O2/c1-12-9-16(19-11-18-12)20-6-5-14-13(10-20)3-2-4-15(14)21-7-8-23-17(21)22/h2-4,9,11H,5-8,10H2,1H3. The molecule has 23 heavy (non-hydrogen) atoms. The summed E-state index contributed by atoms with van der Waals surface area (Å²) in [5.41, 5.74) is 4.44. The number of cyclic esters (lactones) is 1. The second-order valence-electron chi connectivity index (χ2n) is 5.87. The number of anilines is 2. The van der Waals surface area contributed by atoms with Crippen LogP contribution in [-0.4, -0.2) is 35.8 Å². The first-order valence-corrected chi connectivity index (χ1v) is 7.81. The van der Waals surface area contributed by atoms with Gasteiger partial charge in [0, 0.05) is 24.8 Å². The summed E-state index contributed by atoms with van der Waals surface area (Å²) in [7, 11) is 0. The Labute approximate surface area is 134 Å². The maximum atomic E-state index is 11.9. The quantitative estimate of drug-likeness (QED) is 0.852. The van der Waals surface area contributed by atoms with Gasteiger partial charge in [-0.15, -0.1) is 0 Å². The van der Waals surface area contributed by atoms with Crippen molar-refractivity contribution in [1.29, 1.82) is 0 Å². The minimum atomic E-state index is -0.243. The fourth-order valence-electron chi connectivity index (χ4n) is 3.26. The first-order chi connectivity index (χ1) is 11.2. The number of nitrogens with zero attached hydrogens (tertiary/aromatic N) is 4. The fraction of sp³-hybridized carbons (Fsp3) is 0.353. The van der Waals surface area contributed by atoms with Crippen LogP contribution in [0.4, 0.5) is 16.3 Å². The lowest BCUT2D eigenvalue weighted by Gasteiger charge is -2.32. The molecule has 1 aromatic heterocycles. The lowest BCUT2D eigenvalue weighted by Crippen LogP contribution is -2.33. The van der Waals surface area contributed by atoms with Crippen molar-refractivity contribution in [2.24, 2.45) is 0 Å². The number of benzene rings is 1. The van der Waals surface area contributed by atoms with E-state index in [1.165, 1.54) is 11.1 Å². The molecule has 0 saturated carbocycles. The SMILES string of the molecule is Cc1cc(N2CCc3c(cccc3N3CCOC3=O)C2)ncn1. The number of rotatable bonds is 2. The Kier molecular flexibility index (Phi) is 3.37. The molecule has 4 rings (SSSR count). The molecular formula is C17H18N4O2. The van der Waals surface area contributed by atoms with Crippen molar-refractivity contribution in [3.63, 3.8) is 0 Å². The van der Waals surface area contributed by atoms with E-state index in [2.05, 4.69) is 20.9 Å². The van der Waals surface area contributed by atoms with Crippen LogP contribution in [0, 0.1) is 6.92 Å². The Morgan fingerprint density at radius 2 is 2.13 bits per heavy atom. The smallest absolute Gasteiger partial charge is 0.414 e. The van der Waals surface area contributed by atoms with Crippen molar-refractivity contribution in [3.05, 3.63) is 47.4 Å². The van der Waals surface area contributed by atoms with Crippen molar-refractivity contribution >= 4 is 17.6 Å². The lowest BCUT2D eigenvalue weighted by atomic mass is 9.97. The number of carbonyl (C=O) groups excluding carboxylic acids is 1. The van der Waals surface area contributed by atoms with Gasteiger partial charge in [0.05, 0.1) is 12.2 Å². The molecule has 1 saturated heterocycles. The van der Waals surface area contributed by atoms with Crippen molar-refractivity contribution in [2.75, 3.05) is 29.5 Å². The van der Waals surface area contributed by atoms with Crippen molar-refractivity contribution < 1.29 is 9.53 Å². The highest BCUT2D eigenvalue weighted by Crippen LogP contribution is 2.31. The lowest BCUT2D eigenvalue weighted by molar-refractivity contribution is 0.181. The highest BCUT2D eigenvalue weighted by molar-refractivity contribution is 5.90. The molecule has 0 bridgehead atoms. The Balaban J connectivity index is 1.65. The number of hydrogen-bond donors (Lipinski definition) is 0. The molecule has 0 radical (unpaired) electrons. The van der Waals surface area contributed by atoms with Gasteiger partial charge in [0.2, 0.25) is 0 Å². The number of aromatic nitrogens is 2. The number of ether oxygens (including phenoxy) is 1. The highest BCUT2D eigenvalue weighted by atomic mass is 16.6. The molecule has 2 aliphatic heterocycles. The van der Waals surface area contributed by atoms with E-state index >= 15 is 0 Å². The third kappa shape index (κ3) is 2.50. The van der Waals surface area contributed by atoms with Crippen molar-refractivity contribution in [2.45, 2.75) is 19.9 Å². The number of carbonyl (C=O) groups is 1. The fourth-order valence-corrected chi connectivity index (χ4v) is 3.26. The Hall–Kier alpha value is -2.63. The topological polar surface area (TPSA) is 58.6 Å². The van der Waals surface area contributed by atoms with Crippen LogP contribution in [0.5, 0.6) is 0 Å². The summed E-state index contributed by atoms with van der Waals surface area (Å²) in [6, 6.07) is 8.15. The van der Waals surface area contributed by atoms with Gasteiger partial charge in [-0.3, -0.25) is 4.90 Å². The van der Waals surface area contributed by atoms with E-state index in [4.69, 9.17) is 4.74 Å². The minimum absolute atomic E-state index is 0.243. The number of fused-ring (bicyclic) bond motifs is 1. The molecule has 1 amide bonds. The zero-order valence-corrected chi connectivity index (χ0v) is 13.0. The largest absolute Gasteiger partial charge is 0.447 e. The average Bonchev–Trinajstić information content (AvgIpc) is 2.99. The van der Waals surface area contributed by atoms with Gasteiger partial charge in [0.25, 0.3) is 0 Å². The average molecular weight is 310 g/mol. The van der Waals surface area contributed by atoms with Gasteiger partial charge in [-0.1, -0.05) is 12.1 Å². The monoisotopic (exact) mass is 310 g/mol. The maximum absolute atomic E-state index is 11.9. The summed E-state index contributed by atoms with van der Waals surface area (Å²) in [6.45, 7) is 4.74. The number of aryl methyl sites for hydroxylation is 1. The molecule has 0 atom stereocenters. The first kappa shape index (κ1) is 14.0. The molecule has 0 aliphatic carbocycles. The van der Waals surface area contributed by atoms with E-state index in [1.807, 2.05) is 25.1 Å². The molecule has 0 unspecified atom stereocenters. The first-order valence-electron chi connectivity index (χ1n) is 7.81. The maximum Gasteiger partial charge on any atom is 0.414 e. The van der Waals surface area contributed by atoms with Gasteiger partial charge in [-0.05, 0) is 30.5 Å². The Morgan fingerprint density at radius 3 is 2.91 bits per heavy atom. The molecule has 6 heteroatoms. The van der Waals surface area contributed by atoms with Crippen LogP contribution in [0.15, 0.2) is 30.6 Å². The molecule has 0 N–H and O–H groups in total. The van der Waals surface area contributed by atoms with Crippen LogP contribution in [0.25, 0.3) is 0 Å². The molecule has 2 aromatic rings. The molecule has 1 fully saturated rings. The van der Waals surface area contributed by atoms with Crippen LogP contribution >= 0.6 is 0 Å². The van der Waals surface area contributed by atoms with Crippen LogP contribution in [0.3, 0.4) is 0 Å². The zero-order valence-electron chi connectivity index (χ0n) is 13.0. The molecule has 0 spiro atoms. The van der Waals surface area contributed by atoms with E-state index < -0.39 is 0 Å². The second-order valence-corrected chi connectivity index (χ2v) is 5.87. The van der Waals surface area contributed by atoms with E-state index in [-0.39, 0.29) is 6.09 Å². The van der Waals surface area contributed by atoms with Crippen molar-refractivity contribution in [1.82, 2.24) is 9.97 Å². The molecule has 1 aromatic carbocycles. The Bertz CT molecular complexity index is 762. The number of hydrogen-bond acceptors (Lipinski definition) is 5. The van der Waals surface area contributed by atoms with E-state index in [9.17, 15) is 4.79 Å². The van der Waals surface area contributed by atoms with Crippen LogP contribution in [0.1, 0.15) is 16.8 Å². The van der Waals surface area contributed by atoms with Gasteiger partial charge >= 0.3 is 6.09 Å². The van der Waals surface area contributed by atoms with Crippen LogP contribution < -0.4 is 9.80 Å². The molecule has 118 valence electrons. The minimum Gasteiger partial charge on any atom is -0.447 e. The second kappa shape index (κ2) is 5.53. The highest BCUT2D eigenvalue weighted by Gasteiger charge is 2.28. The predicted molar refractivity (Wildman–Crippen MR) is 86.7 cm³/mol. The van der Waals surface area contributed by atoms with Gasteiger partial charge in [-0.25, -0.2) is 14.8 Å². The van der Waals surface area contributed by atoms with Crippen molar-refractivity contribution in [3.8, 4) is 0 Å². The van der Waals surface area contributed by atoms with Gasteiger partial charge < -0.3 is 9.64 Å². The van der Waals surface area contributed by atoms with Crippen LogP contribution in [-0.2, 0) is 17.7 Å². The number of amides is 1. The summed E-state index contributed by atoms with van der Waals surface area (Å²) in [6.07, 6.45) is 2.25. The summed E-state index contributed by atoms with van der Waals surface area (Å²) in [4.78, 5) is 24.4. The van der Waals surface area contributed by atoms with E-state index in [1.54, 1.807) is 11.2 Å². The molecule has 6 nitrogen and oxygen atoms in total. The van der Waals surface area contributed by atoms with Gasteiger partial charge in [0.1, 0.15) is 18.8 Å². The zero-order chi connectivity index (χ0) is 15.8. The van der Waals surface area contributed by atoms with Crippen LogP contribution in [0.2, 0.25) is 0 Å². The summed E-state index contributed by atoms with van der Waals surface area (Å²) >= 11 is 0.